The van der Waals surface area contributed by atoms with Gasteiger partial charge in [0.1, 0.15) is 6.04 Å². The third-order valence-electron chi connectivity index (χ3n) is 3.85. The maximum Gasteiger partial charge on any atom is 0.247 e. The Bertz CT molecular complexity index is 451. The summed E-state index contributed by atoms with van der Waals surface area (Å²) in [5.74, 6) is 0.141. The van der Waals surface area contributed by atoms with Gasteiger partial charge in [-0.05, 0) is 19.4 Å². The molecule has 1 N–H and O–H groups in total. The maximum atomic E-state index is 12.4. The molecule has 0 saturated carbocycles. The van der Waals surface area contributed by atoms with E-state index < -0.39 is 0 Å². The highest BCUT2D eigenvalue weighted by Gasteiger charge is 2.27. The Kier molecular flexibility index (Phi) is 5.50. The van der Waals surface area contributed by atoms with Gasteiger partial charge in [0, 0.05) is 51.9 Å². The van der Waals surface area contributed by atoms with Crippen molar-refractivity contribution in [1.82, 2.24) is 15.1 Å². The molecular weight excluding hydrogens is 268 g/mol. The van der Waals surface area contributed by atoms with E-state index in [1.807, 2.05) is 24.0 Å². The third kappa shape index (κ3) is 4.67. The standard InChI is InChI=1S/C15H24N4O2/c1-12-4-3-5-14(17-12)15(21)19-10-8-18(9-11-19)7-6-16-13(2)20/h3-4,14H,5-11H2,1-2H3,(H,16,20). The molecule has 2 aliphatic rings. The molecule has 6 heteroatoms. The molecule has 0 spiro atoms. The molecule has 1 saturated heterocycles. The van der Waals surface area contributed by atoms with Crippen molar-refractivity contribution in [3.05, 3.63) is 12.2 Å². The van der Waals surface area contributed by atoms with E-state index in [-0.39, 0.29) is 17.9 Å². The van der Waals surface area contributed by atoms with Crippen molar-refractivity contribution in [3.8, 4) is 0 Å². The number of rotatable bonds is 4. The van der Waals surface area contributed by atoms with Crippen molar-refractivity contribution < 1.29 is 9.59 Å². The highest BCUT2D eigenvalue weighted by molar-refractivity contribution is 5.96. The van der Waals surface area contributed by atoms with E-state index in [1.165, 1.54) is 6.92 Å². The second kappa shape index (κ2) is 7.36. The lowest BCUT2D eigenvalue weighted by Crippen LogP contribution is -2.52. The number of piperazine rings is 1. The number of carbonyl (C=O) groups is 2. The number of allylic oxidation sites excluding steroid dienone is 1. The Morgan fingerprint density at radius 1 is 1.33 bits per heavy atom. The number of hydrogen-bond acceptors (Lipinski definition) is 4. The van der Waals surface area contributed by atoms with Crippen LogP contribution in [-0.4, -0.2) is 72.6 Å². The highest BCUT2D eigenvalue weighted by Crippen LogP contribution is 2.12. The van der Waals surface area contributed by atoms with Crippen LogP contribution in [0.5, 0.6) is 0 Å². The zero-order chi connectivity index (χ0) is 15.2. The summed E-state index contributed by atoms with van der Waals surface area (Å²) >= 11 is 0. The SMILES string of the molecule is CC(=O)NCCN1CCN(C(=O)C2CC=CC(C)=N2)CC1. The minimum atomic E-state index is -0.235. The Morgan fingerprint density at radius 3 is 2.67 bits per heavy atom. The predicted molar refractivity (Wildman–Crippen MR) is 82.4 cm³/mol. The van der Waals surface area contributed by atoms with Crippen LogP contribution in [0.15, 0.2) is 17.1 Å². The van der Waals surface area contributed by atoms with Gasteiger partial charge in [0.05, 0.1) is 0 Å². The molecular formula is C15H24N4O2. The van der Waals surface area contributed by atoms with Crippen LogP contribution in [0.4, 0.5) is 0 Å². The van der Waals surface area contributed by atoms with Gasteiger partial charge in [0.2, 0.25) is 11.8 Å². The summed E-state index contributed by atoms with van der Waals surface area (Å²) in [6.07, 6.45) is 4.69. The zero-order valence-corrected chi connectivity index (χ0v) is 12.8. The summed E-state index contributed by atoms with van der Waals surface area (Å²) in [4.78, 5) is 31.9. The van der Waals surface area contributed by atoms with Crippen LogP contribution in [0.1, 0.15) is 20.3 Å². The Hall–Kier alpha value is -1.69. The fraction of sp³-hybridized carbons (Fsp3) is 0.667. The van der Waals surface area contributed by atoms with Gasteiger partial charge < -0.3 is 10.2 Å². The Balaban J connectivity index is 1.74. The molecule has 1 atom stereocenters. The summed E-state index contributed by atoms with van der Waals surface area (Å²) in [5, 5.41) is 2.80. The molecule has 6 nitrogen and oxygen atoms in total. The summed E-state index contributed by atoms with van der Waals surface area (Å²) in [7, 11) is 0. The molecule has 0 aromatic carbocycles. The lowest BCUT2D eigenvalue weighted by atomic mass is 10.1. The molecule has 0 radical (unpaired) electrons. The average molecular weight is 292 g/mol. The van der Waals surface area contributed by atoms with Gasteiger partial charge in [-0.1, -0.05) is 6.08 Å². The minimum Gasteiger partial charge on any atom is -0.355 e. The van der Waals surface area contributed by atoms with Crippen molar-refractivity contribution in [2.45, 2.75) is 26.3 Å². The van der Waals surface area contributed by atoms with E-state index in [4.69, 9.17) is 0 Å². The number of hydrogen-bond donors (Lipinski definition) is 1. The molecule has 116 valence electrons. The zero-order valence-electron chi connectivity index (χ0n) is 12.8. The average Bonchev–Trinajstić information content (AvgIpc) is 2.47. The van der Waals surface area contributed by atoms with E-state index in [1.54, 1.807) is 0 Å². The van der Waals surface area contributed by atoms with E-state index in [2.05, 4.69) is 15.2 Å². The first kappa shape index (κ1) is 15.7. The molecule has 1 unspecified atom stereocenters. The monoisotopic (exact) mass is 292 g/mol. The van der Waals surface area contributed by atoms with Gasteiger partial charge in [-0.15, -0.1) is 0 Å². The van der Waals surface area contributed by atoms with Crippen LogP contribution in [0.2, 0.25) is 0 Å². The van der Waals surface area contributed by atoms with Crippen LogP contribution in [-0.2, 0) is 9.59 Å². The number of amides is 2. The topological polar surface area (TPSA) is 65.0 Å². The van der Waals surface area contributed by atoms with E-state index in [0.717, 1.165) is 38.4 Å². The first-order valence-electron chi connectivity index (χ1n) is 7.53. The van der Waals surface area contributed by atoms with E-state index in [9.17, 15) is 9.59 Å². The first-order valence-corrected chi connectivity index (χ1v) is 7.53. The number of carbonyl (C=O) groups excluding carboxylic acids is 2. The van der Waals surface area contributed by atoms with Crippen molar-refractivity contribution in [2.24, 2.45) is 4.99 Å². The second-order valence-electron chi connectivity index (χ2n) is 5.57. The van der Waals surface area contributed by atoms with Crippen molar-refractivity contribution in [1.29, 1.82) is 0 Å². The van der Waals surface area contributed by atoms with Gasteiger partial charge in [-0.25, -0.2) is 0 Å². The van der Waals surface area contributed by atoms with E-state index in [0.29, 0.717) is 13.0 Å². The maximum absolute atomic E-state index is 12.4. The third-order valence-corrected chi connectivity index (χ3v) is 3.85. The first-order chi connectivity index (χ1) is 10.1. The quantitative estimate of drug-likeness (QED) is 0.796. The van der Waals surface area contributed by atoms with Crippen LogP contribution >= 0.6 is 0 Å². The minimum absolute atomic E-state index is 0.00222. The molecule has 2 amide bonds. The van der Waals surface area contributed by atoms with Crippen LogP contribution < -0.4 is 5.32 Å². The summed E-state index contributed by atoms with van der Waals surface area (Å²) in [6, 6.07) is -0.235. The molecule has 2 aliphatic heterocycles. The second-order valence-corrected chi connectivity index (χ2v) is 5.57. The van der Waals surface area contributed by atoms with Crippen molar-refractivity contribution in [2.75, 3.05) is 39.3 Å². The molecule has 2 rings (SSSR count). The van der Waals surface area contributed by atoms with Gasteiger partial charge in [0.25, 0.3) is 0 Å². The van der Waals surface area contributed by atoms with Gasteiger partial charge >= 0.3 is 0 Å². The largest absolute Gasteiger partial charge is 0.355 e. The number of nitrogens with zero attached hydrogens (tertiary/aromatic N) is 3. The van der Waals surface area contributed by atoms with Crippen molar-refractivity contribution in [3.63, 3.8) is 0 Å². The Morgan fingerprint density at radius 2 is 2.05 bits per heavy atom. The molecule has 0 aromatic heterocycles. The lowest BCUT2D eigenvalue weighted by molar-refractivity contribution is -0.134. The lowest BCUT2D eigenvalue weighted by Gasteiger charge is -2.36. The van der Waals surface area contributed by atoms with Gasteiger partial charge in [-0.2, -0.15) is 0 Å². The number of nitrogens with one attached hydrogen (secondary N) is 1. The Labute approximate surface area is 125 Å². The van der Waals surface area contributed by atoms with E-state index >= 15 is 0 Å². The molecule has 0 aromatic rings. The fourth-order valence-corrected chi connectivity index (χ4v) is 2.66. The summed E-state index contributed by atoms with van der Waals surface area (Å²) < 4.78 is 0. The molecule has 0 aliphatic carbocycles. The van der Waals surface area contributed by atoms with Crippen molar-refractivity contribution >= 4 is 17.5 Å². The smallest absolute Gasteiger partial charge is 0.247 e. The highest BCUT2D eigenvalue weighted by atomic mass is 16.2. The molecule has 21 heavy (non-hydrogen) atoms. The van der Waals surface area contributed by atoms with Gasteiger partial charge in [-0.3, -0.25) is 19.5 Å². The summed E-state index contributed by atoms with van der Waals surface area (Å²) in [5.41, 5.74) is 0.925. The predicted octanol–water partition coefficient (Wildman–Crippen LogP) is 0.0561. The molecule has 1 fully saturated rings. The van der Waals surface area contributed by atoms with Crippen LogP contribution in [0.3, 0.4) is 0 Å². The summed E-state index contributed by atoms with van der Waals surface area (Å²) in [6.45, 7) is 8.16. The van der Waals surface area contributed by atoms with Crippen LogP contribution in [0, 0.1) is 0 Å². The number of dihydropyridines is 1. The fourth-order valence-electron chi connectivity index (χ4n) is 2.66. The molecule has 0 bridgehead atoms. The van der Waals surface area contributed by atoms with Gasteiger partial charge in [0.15, 0.2) is 0 Å². The number of aliphatic imine (C=N–C) groups is 1. The molecule has 2 heterocycles. The van der Waals surface area contributed by atoms with Crippen LogP contribution in [0.25, 0.3) is 0 Å². The normalized spacial score (nSPS) is 22.9.